The van der Waals surface area contributed by atoms with Crippen molar-refractivity contribution in [2.24, 2.45) is 11.8 Å². The number of nitrogens with one attached hydrogen (secondary N) is 2. The van der Waals surface area contributed by atoms with Crippen molar-refractivity contribution in [3.05, 3.63) is 70.6 Å². The number of aliphatic hydroxyl groups excluding tert-OH is 1. The first-order chi connectivity index (χ1) is 14.2. The van der Waals surface area contributed by atoms with E-state index in [0.717, 1.165) is 0 Å². The second-order valence-electron chi connectivity index (χ2n) is 6.60. The average Bonchev–Trinajstić information content (AvgIpc) is 2.69. The summed E-state index contributed by atoms with van der Waals surface area (Å²) in [6, 6.07) is 5.67. The Morgan fingerprint density at radius 3 is 2.83 bits per heavy atom. The predicted octanol–water partition coefficient (Wildman–Crippen LogP) is 2.84. The van der Waals surface area contributed by atoms with Crippen molar-refractivity contribution >= 4 is 17.5 Å². The van der Waals surface area contributed by atoms with E-state index in [9.17, 15) is 18.7 Å². The molecule has 10 heteroatoms. The number of carbonyl (C=O) groups is 1. The van der Waals surface area contributed by atoms with Crippen LogP contribution < -0.4 is 16.5 Å². The van der Waals surface area contributed by atoms with Crippen molar-refractivity contribution in [3.8, 4) is 0 Å². The molecule has 0 aliphatic heterocycles. The number of rotatable bonds is 10. The maximum Gasteiger partial charge on any atom is 0.394 e. The Morgan fingerprint density at radius 2 is 2.27 bits per heavy atom. The summed E-state index contributed by atoms with van der Waals surface area (Å²) in [5.74, 6) is 4.46. The van der Waals surface area contributed by atoms with Gasteiger partial charge in [0.25, 0.3) is 5.91 Å². The minimum Gasteiger partial charge on any atom is -0.433 e. The maximum atomic E-state index is 13.0. The second-order valence-corrected chi connectivity index (χ2v) is 7.04. The van der Waals surface area contributed by atoms with Crippen LogP contribution in [0.1, 0.15) is 23.7 Å². The third kappa shape index (κ3) is 7.75. The number of aliphatic hydroxyl groups is 1. The lowest BCUT2D eigenvalue weighted by Crippen LogP contribution is -2.38. The fourth-order valence-electron chi connectivity index (χ4n) is 2.79. The van der Waals surface area contributed by atoms with E-state index < -0.39 is 18.1 Å². The van der Waals surface area contributed by atoms with Gasteiger partial charge in [-0.05, 0) is 42.8 Å². The molecule has 0 spiro atoms. The van der Waals surface area contributed by atoms with Crippen molar-refractivity contribution in [1.82, 2.24) is 10.6 Å². The Bertz CT molecular complexity index is 825. The molecule has 0 saturated heterocycles. The van der Waals surface area contributed by atoms with Gasteiger partial charge in [-0.2, -0.15) is 8.78 Å². The molecule has 0 heterocycles. The molecule has 30 heavy (non-hydrogen) atoms. The van der Waals surface area contributed by atoms with Crippen molar-refractivity contribution in [1.29, 1.82) is 0 Å². The number of allylic oxidation sites excluding steroid dienone is 3. The standard InChI is InChI=1S/C20H24ClF2N3O4/c1-20(22,23)30-17-7-5-13(6-8-17)18(25-12-29-24)10-16(11-27)26-19(28)14-3-2-4-15(21)9-14/h2-5,7-10,13,16,25,27H,6,11-12,24H2,1H3,(H,26,28)/b18-10-/t13?,16-/m1/s1. The van der Waals surface area contributed by atoms with Crippen molar-refractivity contribution in [3.63, 3.8) is 0 Å². The van der Waals surface area contributed by atoms with Crippen LogP contribution in [-0.2, 0) is 9.57 Å². The number of alkyl halides is 2. The molecule has 1 aliphatic carbocycles. The van der Waals surface area contributed by atoms with Gasteiger partial charge in [-0.15, -0.1) is 0 Å². The van der Waals surface area contributed by atoms with Gasteiger partial charge in [0.2, 0.25) is 0 Å². The Kier molecular flexibility index (Phi) is 8.79. The van der Waals surface area contributed by atoms with Crippen molar-refractivity contribution < 1.29 is 28.3 Å². The zero-order chi connectivity index (χ0) is 22.1. The lowest BCUT2D eigenvalue weighted by atomic mass is 9.95. The number of ether oxygens (including phenoxy) is 1. The third-order valence-electron chi connectivity index (χ3n) is 4.10. The van der Waals surface area contributed by atoms with Crippen LogP contribution in [0.25, 0.3) is 0 Å². The smallest absolute Gasteiger partial charge is 0.394 e. The molecule has 2 rings (SSSR count). The molecular formula is C20H24ClF2N3O4. The summed E-state index contributed by atoms with van der Waals surface area (Å²) >= 11 is 5.91. The zero-order valence-corrected chi connectivity index (χ0v) is 17.0. The maximum absolute atomic E-state index is 13.0. The zero-order valence-electron chi connectivity index (χ0n) is 16.3. The van der Waals surface area contributed by atoms with E-state index >= 15 is 0 Å². The summed E-state index contributed by atoms with van der Waals surface area (Å²) in [6.45, 7) is 0.258. The van der Waals surface area contributed by atoms with Gasteiger partial charge in [0, 0.05) is 29.1 Å². The van der Waals surface area contributed by atoms with E-state index in [1.165, 1.54) is 18.2 Å². The molecule has 0 saturated carbocycles. The Balaban J connectivity index is 2.12. The quantitative estimate of drug-likeness (QED) is 0.327. The first-order valence-electron chi connectivity index (χ1n) is 9.11. The number of amides is 1. The van der Waals surface area contributed by atoms with Crippen LogP contribution in [0.4, 0.5) is 8.78 Å². The molecule has 0 bridgehead atoms. The SMILES string of the molecule is CC(F)(F)OC1=CCC(/C(=C/[C@H](CO)NC(=O)c2cccc(Cl)c2)NCON)C=C1. The number of hydrogen-bond acceptors (Lipinski definition) is 6. The van der Waals surface area contributed by atoms with Gasteiger partial charge in [-0.25, -0.2) is 5.90 Å². The number of hydrogen-bond donors (Lipinski definition) is 4. The number of carbonyl (C=O) groups excluding carboxylic acids is 1. The van der Waals surface area contributed by atoms with Crippen molar-refractivity contribution in [2.75, 3.05) is 13.3 Å². The summed E-state index contributed by atoms with van der Waals surface area (Å²) < 4.78 is 30.6. The summed E-state index contributed by atoms with van der Waals surface area (Å²) in [7, 11) is 0. The predicted molar refractivity (Wildman–Crippen MR) is 108 cm³/mol. The summed E-state index contributed by atoms with van der Waals surface area (Å²) in [5, 5.41) is 15.8. The molecule has 1 aromatic rings. The highest BCUT2D eigenvalue weighted by atomic mass is 35.5. The van der Waals surface area contributed by atoms with E-state index in [0.29, 0.717) is 29.6 Å². The van der Waals surface area contributed by atoms with Gasteiger partial charge >= 0.3 is 6.11 Å². The molecule has 1 unspecified atom stereocenters. The van der Waals surface area contributed by atoms with Gasteiger partial charge in [0.1, 0.15) is 12.5 Å². The minimum absolute atomic E-state index is 0.0311. The number of benzene rings is 1. The van der Waals surface area contributed by atoms with Crippen molar-refractivity contribution in [2.45, 2.75) is 25.5 Å². The largest absolute Gasteiger partial charge is 0.433 e. The highest BCUT2D eigenvalue weighted by molar-refractivity contribution is 6.30. The number of nitrogens with two attached hydrogens (primary N) is 1. The van der Waals surface area contributed by atoms with Crippen LogP contribution in [0.15, 0.2) is 60.0 Å². The Morgan fingerprint density at radius 1 is 1.50 bits per heavy atom. The molecule has 0 fully saturated rings. The molecular weight excluding hydrogens is 420 g/mol. The molecule has 2 atom stereocenters. The average molecular weight is 444 g/mol. The van der Waals surface area contributed by atoms with Gasteiger partial charge in [-0.3, -0.25) is 9.63 Å². The Labute approximate surface area is 178 Å². The summed E-state index contributed by atoms with van der Waals surface area (Å²) in [6.07, 6.45) is 3.32. The lowest BCUT2D eigenvalue weighted by molar-refractivity contribution is -0.195. The molecule has 1 aromatic carbocycles. The van der Waals surface area contributed by atoms with E-state index in [-0.39, 0.29) is 25.0 Å². The van der Waals surface area contributed by atoms with Crippen LogP contribution in [-0.4, -0.2) is 36.5 Å². The molecule has 1 aliphatic rings. The topological polar surface area (TPSA) is 106 Å². The molecule has 164 valence electrons. The Hall–Kier alpha value is -2.46. The fourth-order valence-corrected chi connectivity index (χ4v) is 2.98. The fraction of sp³-hybridized carbons (Fsp3) is 0.350. The van der Waals surface area contributed by atoms with E-state index in [1.54, 1.807) is 30.4 Å². The molecule has 0 radical (unpaired) electrons. The van der Waals surface area contributed by atoms with Gasteiger partial charge in [-0.1, -0.05) is 23.7 Å². The highest BCUT2D eigenvalue weighted by Gasteiger charge is 2.25. The van der Waals surface area contributed by atoms with E-state index in [1.807, 2.05) is 0 Å². The van der Waals surface area contributed by atoms with E-state index in [4.69, 9.17) is 17.5 Å². The van der Waals surface area contributed by atoms with Gasteiger partial charge in [0.15, 0.2) is 0 Å². The summed E-state index contributed by atoms with van der Waals surface area (Å²) in [5.41, 5.74) is 0.928. The molecule has 0 aromatic heterocycles. The normalized spacial score (nSPS) is 17.9. The van der Waals surface area contributed by atoms with E-state index in [2.05, 4.69) is 20.2 Å². The minimum atomic E-state index is -3.28. The number of halogens is 3. The first kappa shape index (κ1) is 23.8. The van der Waals surface area contributed by atoms with Gasteiger partial charge in [0.05, 0.1) is 12.6 Å². The van der Waals surface area contributed by atoms with Crippen LogP contribution >= 0.6 is 11.6 Å². The van der Waals surface area contributed by atoms with Crippen LogP contribution in [0.2, 0.25) is 5.02 Å². The highest BCUT2D eigenvalue weighted by Crippen LogP contribution is 2.27. The third-order valence-corrected chi connectivity index (χ3v) is 4.34. The summed E-state index contributed by atoms with van der Waals surface area (Å²) in [4.78, 5) is 17.0. The van der Waals surface area contributed by atoms with Crippen LogP contribution in [0.3, 0.4) is 0 Å². The second kappa shape index (κ2) is 11.1. The van der Waals surface area contributed by atoms with Gasteiger partial charge < -0.3 is 20.5 Å². The molecule has 1 amide bonds. The molecule has 7 nitrogen and oxygen atoms in total. The van der Waals surface area contributed by atoms with Crippen LogP contribution in [0, 0.1) is 5.92 Å². The monoisotopic (exact) mass is 443 g/mol. The first-order valence-corrected chi connectivity index (χ1v) is 9.49. The molecule has 5 N–H and O–H groups in total. The lowest BCUT2D eigenvalue weighted by Gasteiger charge is -2.24. The van der Waals surface area contributed by atoms with Crippen LogP contribution in [0.5, 0.6) is 0 Å².